The van der Waals surface area contributed by atoms with Gasteiger partial charge in [-0.05, 0) is 79.2 Å². The van der Waals surface area contributed by atoms with E-state index in [-0.39, 0.29) is 29.5 Å². The van der Waals surface area contributed by atoms with Crippen molar-refractivity contribution in [1.82, 2.24) is 0 Å². The number of ether oxygens (including phenoxy) is 1. The summed E-state index contributed by atoms with van der Waals surface area (Å²) in [7, 11) is -5.67. The number of carbonyl (C=O) groups excluding carboxylic acids is 1. The minimum atomic E-state index is -5.67. The van der Waals surface area contributed by atoms with Crippen LogP contribution in [0.15, 0.2) is 30.0 Å². The lowest BCUT2D eigenvalue weighted by Gasteiger charge is -2.49. The zero-order valence-electron chi connectivity index (χ0n) is 16.7. The third kappa shape index (κ3) is 3.40. The highest BCUT2D eigenvalue weighted by atomic mass is 32.2. The summed E-state index contributed by atoms with van der Waals surface area (Å²) in [6, 6.07) is 5.63. The number of hydrogen-bond acceptors (Lipinski definition) is 5. The van der Waals surface area contributed by atoms with Crippen LogP contribution in [0.4, 0.5) is 13.2 Å². The van der Waals surface area contributed by atoms with Crippen molar-refractivity contribution in [2.24, 2.45) is 17.3 Å². The van der Waals surface area contributed by atoms with Crippen molar-refractivity contribution in [2.45, 2.75) is 57.4 Å². The molecule has 4 unspecified atom stereocenters. The Labute approximate surface area is 173 Å². The Hall–Kier alpha value is -2.03. The highest BCUT2D eigenvalue weighted by molar-refractivity contribution is 7.87. The number of hydrogen-bond donors (Lipinski definition) is 0. The highest BCUT2D eigenvalue weighted by Crippen LogP contribution is 2.61. The molecule has 30 heavy (non-hydrogen) atoms. The Balaban J connectivity index is 1.57. The maximum Gasteiger partial charge on any atom is 0.534 e. The Morgan fingerprint density at radius 3 is 2.63 bits per heavy atom. The molecule has 1 aromatic rings. The van der Waals surface area contributed by atoms with E-state index < -0.39 is 21.0 Å². The summed E-state index contributed by atoms with van der Waals surface area (Å²) in [6.07, 6.45) is 4.91. The molecule has 1 saturated carbocycles. The summed E-state index contributed by atoms with van der Waals surface area (Å²) >= 11 is 0. The van der Waals surface area contributed by atoms with Crippen molar-refractivity contribution in [1.29, 1.82) is 0 Å². The maximum absolute atomic E-state index is 12.8. The van der Waals surface area contributed by atoms with Gasteiger partial charge in [0.1, 0.15) is 11.5 Å². The van der Waals surface area contributed by atoms with Crippen LogP contribution in [0.1, 0.15) is 56.6 Å². The van der Waals surface area contributed by atoms with Crippen LogP contribution >= 0.6 is 0 Å². The number of rotatable bonds is 3. The van der Waals surface area contributed by atoms with Gasteiger partial charge in [0.25, 0.3) is 0 Å². The van der Waals surface area contributed by atoms with Crippen molar-refractivity contribution >= 4 is 16.1 Å². The largest absolute Gasteiger partial charge is 0.534 e. The highest BCUT2D eigenvalue weighted by Gasteiger charge is 2.56. The van der Waals surface area contributed by atoms with Gasteiger partial charge < -0.3 is 8.92 Å². The van der Waals surface area contributed by atoms with Gasteiger partial charge in [0, 0.05) is 12.3 Å². The minimum Gasteiger partial charge on any atom is -0.427 e. The molecule has 3 aliphatic carbocycles. The SMILES string of the molecule is CC(=O)Oc1ccc2c(c1)CCC1C2CCC2(C)C(OS(=O)(=O)C(F)(F)F)=CCC12. The normalized spacial score (nSPS) is 30.6. The van der Waals surface area contributed by atoms with E-state index in [1.807, 2.05) is 19.1 Å². The van der Waals surface area contributed by atoms with E-state index in [0.717, 1.165) is 24.8 Å². The lowest BCUT2D eigenvalue weighted by atomic mass is 9.55. The Morgan fingerprint density at radius 2 is 1.97 bits per heavy atom. The quantitative estimate of drug-likeness (QED) is 0.289. The van der Waals surface area contributed by atoms with Crippen molar-refractivity contribution in [3.8, 4) is 5.75 Å². The molecular weight excluding hydrogens is 421 g/mol. The molecule has 3 aliphatic rings. The first-order chi connectivity index (χ1) is 13.9. The fourth-order valence-electron chi connectivity index (χ4n) is 5.61. The first-order valence-electron chi connectivity index (χ1n) is 9.95. The number of benzene rings is 1. The molecule has 0 aromatic heterocycles. The van der Waals surface area contributed by atoms with E-state index >= 15 is 0 Å². The number of carbonyl (C=O) groups is 1. The fourth-order valence-corrected chi connectivity index (χ4v) is 6.20. The average molecular weight is 444 g/mol. The molecule has 0 heterocycles. The molecule has 4 atom stereocenters. The molecule has 0 amide bonds. The van der Waals surface area contributed by atoms with Crippen molar-refractivity contribution in [2.75, 3.05) is 0 Å². The molecule has 0 bridgehead atoms. The van der Waals surface area contributed by atoms with E-state index in [9.17, 15) is 26.4 Å². The van der Waals surface area contributed by atoms with Crippen LogP contribution in [-0.4, -0.2) is 19.9 Å². The van der Waals surface area contributed by atoms with Crippen LogP contribution in [0, 0.1) is 17.3 Å². The lowest BCUT2D eigenvalue weighted by molar-refractivity contribution is -0.131. The number of fused-ring (bicyclic) bond motifs is 5. The molecule has 1 fully saturated rings. The van der Waals surface area contributed by atoms with Gasteiger partial charge in [0.05, 0.1) is 0 Å². The molecule has 0 radical (unpaired) electrons. The van der Waals surface area contributed by atoms with Crippen LogP contribution in [0.25, 0.3) is 0 Å². The second kappa shape index (κ2) is 7.00. The molecule has 0 saturated heterocycles. The van der Waals surface area contributed by atoms with Gasteiger partial charge >= 0.3 is 21.6 Å². The first-order valence-corrected chi connectivity index (χ1v) is 11.4. The topological polar surface area (TPSA) is 69.7 Å². The first kappa shape index (κ1) is 21.2. The van der Waals surface area contributed by atoms with E-state index in [1.165, 1.54) is 18.6 Å². The summed E-state index contributed by atoms with van der Waals surface area (Å²) in [6.45, 7) is 3.17. The predicted octanol–water partition coefficient (Wildman–Crippen LogP) is 4.83. The Morgan fingerprint density at radius 1 is 1.23 bits per heavy atom. The Bertz CT molecular complexity index is 1010. The molecule has 1 aromatic carbocycles. The third-order valence-electron chi connectivity index (χ3n) is 6.95. The number of esters is 1. The fraction of sp³-hybridized carbons (Fsp3) is 0.571. The summed E-state index contributed by atoms with van der Waals surface area (Å²) in [5, 5.41) is 0. The number of aryl methyl sites for hydroxylation is 1. The smallest absolute Gasteiger partial charge is 0.427 e. The van der Waals surface area contributed by atoms with Crippen LogP contribution in [0.5, 0.6) is 5.75 Å². The lowest BCUT2D eigenvalue weighted by Crippen LogP contribution is -2.42. The van der Waals surface area contributed by atoms with Crippen molar-refractivity contribution < 1.29 is 35.3 Å². The van der Waals surface area contributed by atoms with Gasteiger partial charge in [0.15, 0.2) is 0 Å². The summed E-state index contributed by atoms with van der Waals surface area (Å²) in [4.78, 5) is 11.2. The molecule has 9 heteroatoms. The van der Waals surface area contributed by atoms with E-state index in [2.05, 4.69) is 4.18 Å². The number of halogens is 3. The molecule has 4 rings (SSSR count). The molecule has 0 N–H and O–H groups in total. The summed E-state index contributed by atoms with van der Waals surface area (Å²) in [5.41, 5.74) is -3.86. The standard InChI is InChI=1S/C21H23F3O5S/c1-12(25)28-14-4-6-15-13(11-14)3-5-17-16(15)9-10-20(2)18(17)7-8-19(20)29-30(26,27)21(22,23)24/h4,6,8,11,16-18H,3,5,7,9-10H2,1-2H3. The van der Waals surface area contributed by atoms with Crippen molar-refractivity contribution in [3.63, 3.8) is 0 Å². The van der Waals surface area contributed by atoms with E-state index in [0.29, 0.717) is 18.6 Å². The monoisotopic (exact) mass is 444 g/mol. The van der Waals surface area contributed by atoms with Gasteiger partial charge in [-0.2, -0.15) is 21.6 Å². The summed E-state index contributed by atoms with van der Waals surface area (Å²) < 4.78 is 71.3. The minimum absolute atomic E-state index is 0.0241. The zero-order chi connectivity index (χ0) is 21.9. The Kier molecular flexibility index (Phi) is 4.95. The predicted molar refractivity (Wildman–Crippen MR) is 102 cm³/mol. The zero-order valence-corrected chi connectivity index (χ0v) is 17.5. The molecule has 0 spiro atoms. The van der Waals surface area contributed by atoms with Crippen LogP contribution in [0.2, 0.25) is 0 Å². The maximum atomic E-state index is 12.8. The van der Waals surface area contributed by atoms with Crippen LogP contribution in [0.3, 0.4) is 0 Å². The van der Waals surface area contributed by atoms with E-state index in [1.54, 1.807) is 6.07 Å². The molecular formula is C21H23F3O5S. The molecule has 0 aliphatic heterocycles. The summed E-state index contributed by atoms with van der Waals surface area (Å²) in [5.74, 6) is 0.550. The van der Waals surface area contributed by atoms with Gasteiger partial charge in [-0.25, -0.2) is 0 Å². The van der Waals surface area contributed by atoms with Gasteiger partial charge in [-0.15, -0.1) is 0 Å². The van der Waals surface area contributed by atoms with Crippen molar-refractivity contribution in [3.05, 3.63) is 41.2 Å². The number of allylic oxidation sites excluding steroid dienone is 2. The average Bonchev–Trinajstić information content (AvgIpc) is 2.96. The van der Waals surface area contributed by atoms with Gasteiger partial charge in [-0.1, -0.05) is 13.0 Å². The number of alkyl halides is 3. The van der Waals surface area contributed by atoms with Gasteiger partial charge in [-0.3, -0.25) is 4.79 Å². The second-order valence-corrected chi connectivity index (χ2v) is 10.2. The third-order valence-corrected chi connectivity index (χ3v) is 7.92. The molecule has 164 valence electrons. The second-order valence-electron chi connectivity index (χ2n) is 8.61. The van der Waals surface area contributed by atoms with Crippen LogP contribution in [-0.2, 0) is 25.5 Å². The van der Waals surface area contributed by atoms with Crippen LogP contribution < -0.4 is 4.74 Å². The molecule has 5 nitrogen and oxygen atoms in total. The van der Waals surface area contributed by atoms with E-state index in [4.69, 9.17) is 4.74 Å². The van der Waals surface area contributed by atoms with Gasteiger partial charge in [0.2, 0.25) is 0 Å².